The number of nitrogens with zero attached hydrogens (tertiary/aromatic N) is 2. The summed E-state index contributed by atoms with van der Waals surface area (Å²) in [5.74, 6) is -2.06. The molecule has 0 fully saturated rings. The highest BCUT2D eigenvalue weighted by Crippen LogP contribution is 2.35. The first-order valence-corrected chi connectivity index (χ1v) is 8.50. The van der Waals surface area contributed by atoms with Crippen molar-refractivity contribution in [2.45, 2.75) is 6.92 Å². The number of carbonyl (C=O) groups excluding carboxylic acids is 3. The second-order valence-electron chi connectivity index (χ2n) is 5.46. The first kappa shape index (κ1) is 21.6. The van der Waals surface area contributed by atoms with Crippen LogP contribution in [0.4, 0.5) is 11.4 Å². The molecule has 0 unspecified atom stereocenters. The zero-order valence-corrected chi connectivity index (χ0v) is 16.2. The highest BCUT2D eigenvalue weighted by Gasteiger charge is 2.27. The molecule has 0 bridgehead atoms. The third-order valence-corrected chi connectivity index (χ3v) is 4.25. The van der Waals surface area contributed by atoms with Gasteiger partial charge in [0.2, 0.25) is 0 Å². The number of ketones is 1. The molecule has 0 N–H and O–H groups in total. The molecule has 0 aliphatic rings. The molecule has 0 aliphatic heterocycles. The van der Waals surface area contributed by atoms with Gasteiger partial charge in [-0.05, 0) is 40.2 Å². The second kappa shape index (κ2) is 9.01. The number of Topliss-reactive ketones (excluding diaryl/α,β-unsaturated/α-hetero) is 1. The third-order valence-electron chi connectivity index (χ3n) is 3.44. The molecule has 0 radical (unpaired) electrons. The van der Waals surface area contributed by atoms with Crippen molar-refractivity contribution < 1.29 is 33.7 Å². The number of hydrogen-bond donors (Lipinski definition) is 0. The predicted octanol–water partition coefficient (Wildman–Crippen LogP) is 3.23. The van der Waals surface area contributed by atoms with E-state index in [-0.39, 0.29) is 11.3 Å². The van der Waals surface area contributed by atoms with E-state index in [1.54, 1.807) is 0 Å². The number of nitro benzene ring substituents is 2. The Labute approximate surface area is 170 Å². The fraction of sp³-hybridized carbons (Fsp3) is 0.118. The molecule has 0 spiro atoms. The van der Waals surface area contributed by atoms with Gasteiger partial charge in [-0.2, -0.15) is 0 Å². The molecule has 2 rings (SSSR count). The minimum absolute atomic E-state index is 0.154. The van der Waals surface area contributed by atoms with Crippen molar-refractivity contribution in [1.82, 2.24) is 0 Å². The molecule has 2 aromatic rings. The summed E-state index contributed by atoms with van der Waals surface area (Å²) in [5.41, 5.74) is -1.69. The van der Waals surface area contributed by atoms with Crippen molar-refractivity contribution in [3.8, 4) is 5.75 Å². The van der Waals surface area contributed by atoms with Crippen LogP contribution in [0.1, 0.15) is 27.6 Å². The lowest BCUT2D eigenvalue weighted by Crippen LogP contribution is -2.15. The summed E-state index contributed by atoms with van der Waals surface area (Å²) in [6.45, 7) is 0.513. The van der Waals surface area contributed by atoms with E-state index in [1.807, 2.05) is 0 Å². The highest BCUT2D eigenvalue weighted by atomic mass is 79.9. The minimum Gasteiger partial charge on any atom is -0.454 e. The molecule has 29 heavy (non-hydrogen) atoms. The standard InChI is InChI=1S/C17H11BrN2O9/c1-9(21)29-12-4-2-10(3-5-12)15(22)8-28-17(23)11-6-13(19(24)25)16(18)14(7-11)20(26)27/h2-7H,8H2,1H3. The molecular weight excluding hydrogens is 456 g/mol. The number of carbonyl (C=O) groups is 3. The average Bonchev–Trinajstić information content (AvgIpc) is 2.65. The van der Waals surface area contributed by atoms with Crippen LogP contribution in [0.15, 0.2) is 40.9 Å². The zero-order valence-electron chi connectivity index (χ0n) is 14.6. The van der Waals surface area contributed by atoms with Crippen LogP contribution < -0.4 is 4.74 Å². The Kier molecular flexibility index (Phi) is 6.72. The molecule has 0 aromatic heterocycles. The topological polar surface area (TPSA) is 156 Å². The number of benzene rings is 2. The number of esters is 2. The smallest absolute Gasteiger partial charge is 0.339 e. The van der Waals surface area contributed by atoms with Crippen LogP contribution in [0, 0.1) is 20.2 Å². The molecule has 0 saturated carbocycles. The average molecular weight is 467 g/mol. The lowest BCUT2D eigenvalue weighted by Gasteiger charge is -2.06. The Hall–Kier alpha value is -3.67. The number of hydrogen-bond acceptors (Lipinski definition) is 9. The van der Waals surface area contributed by atoms with Gasteiger partial charge in [-0.3, -0.25) is 29.8 Å². The van der Waals surface area contributed by atoms with E-state index < -0.39 is 55.6 Å². The van der Waals surface area contributed by atoms with Gasteiger partial charge in [-0.15, -0.1) is 0 Å². The molecule has 2 aromatic carbocycles. The largest absolute Gasteiger partial charge is 0.454 e. The first-order valence-electron chi connectivity index (χ1n) is 7.71. The quantitative estimate of drug-likeness (QED) is 0.196. The van der Waals surface area contributed by atoms with E-state index in [4.69, 9.17) is 9.47 Å². The number of halogens is 1. The van der Waals surface area contributed by atoms with Gasteiger partial charge in [0, 0.05) is 24.6 Å². The highest BCUT2D eigenvalue weighted by molar-refractivity contribution is 9.10. The molecule has 0 heterocycles. The normalized spacial score (nSPS) is 10.1. The van der Waals surface area contributed by atoms with Gasteiger partial charge >= 0.3 is 11.9 Å². The van der Waals surface area contributed by atoms with Crippen molar-refractivity contribution in [1.29, 1.82) is 0 Å². The van der Waals surface area contributed by atoms with E-state index in [9.17, 15) is 34.6 Å². The van der Waals surface area contributed by atoms with Gasteiger partial charge in [0.25, 0.3) is 11.4 Å². The van der Waals surface area contributed by atoms with Gasteiger partial charge in [0.05, 0.1) is 15.4 Å². The van der Waals surface area contributed by atoms with Crippen LogP contribution >= 0.6 is 15.9 Å². The monoisotopic (exact) mass is 466 g/mol. The summed E-state index contributed by atoms with van der Waals surface area (Å²) in [6, 6.07) is 7.05. The van der Waals surface area contributed by atoms with Gasteiger partial charge in [0.1, 0.15) is 5.75 Å². The van der Waals surface area contributed by atoms with Gasteiger partial charge in [-0.25, -0.2) is 4.79 Å². The second-order valence-corrected chi connectivity index (χ2v) is 6.25. The van der Waals surface area contributed by atoms with Crippen molar-refractivity contribution in [3.05, 3.63) is 72.2 Å². The van der Waals surface area contributed by atoms with E-state index in [0.29, 0.717) is 0 Å². The molecule has 0 atom stereocenters. The Morgan fingerprint density at radius 1 is 0.966 bits per heavy atom. The summed E-state index contributed by atoms with van der Waals surface area (Å²) in [7, 11) is 0. The van der Waals surface area contributed by atoms with Crippen molar-refractivity contribution in [2.24, 2.45) is 0 Å². The first-order chi connectivity index (χ1) is 13.6. The van der Waals surface area contributed by atoms with E-state index in [1.165, 1.54) is 31.2 Å². The Bertz CT molecular complexity index is 983. The predicted molar refractivity (Wildman–Crippen MR) is 99.8 cm³/mol. The SMILES string of the molecule is CC(=O)Oc1ccc(C(=O)COC(=O)c2cc([N+](=O)[O-])c(Br)c([N+](=O)[O-])c2)cc1. The maximum absolute atomic E-state index is 12.1. The molecule has 150 valence electrons. The van der Waals surface area contributed by atoms with Gasteiger partial charge < -0.3 is 9.47 Å². The minimum atomic E-state index is -1.14. The van der Waals surface area contributed by atoms with E-state index in [0.717, 1.165) is 12.1 Å². The van der Waals surface area contributed by atoms with E-state index >= 15 is 0 Å². The van der Waals surface area contributed by atoms with Crippen LogP contribution in [0.3, 0.4) is 0 Å². The summed E-state index contributed by atoms with van der Waals surface area (Å²) in [5, 5.41) is 22.1. The lowest BCUT2D eigenvalue weighted by molar-refractivity contribution is -0.395. The number of ether oxygens (including phenoxy) is 2. The number of nitro groups is 2. The molecule has 0 amide bonds. The van der Waals surface area contributed by atoms with Gasteiger partial charge in [0.15, 0.2) is 16.9 Å². The Morgan fingerprint density at radius 3 is 1.93 bits per heavy atom. The molecule has 0 saturated heterocycles. The van der Waals surface area contributed by atoms with Crippen LogP contribution in [-0.2, 0) is 9.53 Å². The fourth-order valence-electron chi connectivity index (χ4n) is 2.15. The maximum Gasteiger partial charge on any atom is 0.339 e. The lowest BCUT2D eigenvalue weighted by atomic mass is 10.1. The van der Waals surface area contributed by atoms with Crippen molar-refractivity contribution in [2.75, 3.05) is 6.61 Å². The summed E-state index contributed by atoms with van der Waals surface area (Å²) < 4.78 is 9.24. The van der Waals surface area contributed by atoms with Crippen molar-refractivity contribution >= 4 is 45.0 Å². The van der Waals surface area contributed by atoms with Crippen LogP contribution in [0.2, 0.25) is 0 Å². The van der Waals surface area contributed by atoms with Crippen LogP contribution in [0.5, 0.6) is 5.75 Å². The summed E-state index contributed by atoms with van der Waals surface area (Å²) in [4.78, 5) is 55.4. The van der Waals surface area contributed by atoms with Gasteiger partial charge in [-0.1, -0.05) is 0 Å². The van der Waals surface area contributed by atoms with E-state index in [2.05, 4.69) is 15.9 Å². The molecule has 0 aliphatic carbocycles. The molecular formula is C17H11BrN2O9. The Balaban J connectivity index is 2.14. The number of rotatable bonds is 7. The van der Waals surface area contributed by atoms with Crippen molar-refractivity contribution in [3.63, 3.8) is 0 Å². The maximum atomic E-state index is 12.1. The summed E-state index contributed by atoms with van der Waals surface area (Å²) >= 11 is 2.76. The van der Waals surface area contributed by atoms with Crippen LogP contribution in [-0.4, -0.2) is 34.2 Å². The molecule has 12 heteroatoms. The van der Waals surface area contributed by atoms with Crippen LogP contribution in [0.25, 0.3) is 0 Å². The summed E-state index contributed by atoms with van der Waals surface area (Å²) in [6.07, 6.45) is 0. The molecule has 11 nitrogen and oxygen atoms in total. The fourth-order valence-corrected chi connectivity index (χ4v) is 2.67. The third kappa shape index (κ3) is 5.42. The zero-order chi connectivity index (χ0) is 21.7. The Morgan fingerprint density at radius 2 is 1.48 bits per heavy atom.